The van der Waals surface area contributed by atoms with E-state index in [2.05, 4.69) is 42.5 Å². The summed E-state index contributed by atoms with van der Waals surface area (Å²) in [6, 6.07) is 18.9. The Bertz CT molecular complexity index is 882. The van der Waals surface area contributed by atoms with Crippen LogP contribution in [0, 0.1) is 0 Å². The van der Waals surface area contributed by atoms with E-state index >= 15 is 0 Å². The zero-order valence-electron chi connectivity index (χ0n) is 11.4. The molecule has 3 aromatic carbocycles. The molecule has 1 N–H and O–H groups in total. The highest BCUT2D eigenvalue weighted by Crippen LogP contribution is 2.60. The summed E-state index contributed by atoms with van der Waals surface area (Å²) in [5.41, 5.74) is 5.93. The average molecular weight is 274 g/mol. The third kappa shape index (κ3) is 1.44. The van der Waals surface area contributed by atoms with Crippen molar-refractivity contribution < 1.29 is 9.84 Å². The Morgan fingerprint density at radius 1 is 0.905 bits per heavy atom. The Labute approximate surface area is 122 Å². The van der Waals surface area contributed by atoms with E-state index in [4.69, 9.17) is 4.74 Å². The first-order valence-corrected chi connectivity index (χ1v) is 7.28. The number of fused-ring (bicyclic) bond motifs is 7. The van der Waals surface area contributed by atoms with Gasteiger partial charge >= 0.3 is 0 Å². The molecule has 0 radical (unpaired) electrons. The quantitative estimate of drug-likeness (QED) is 0.677. The van der Waals surface area contributed by atoms with Gasteiger partial charge in [-0.3, -0.25) is 0 Å². The molecule has 1 heterocycles. The summed E-state index contributed by atoms with van der Waals surface area (Å²) in [7, 11) is 0. The lowest BCUT2D eigenvalue weighted by atomic mass is 9.81. The van der Waals surface area contributed by atoms with Gasteiger partial charge in [-0.25, -0.2) is 0 Å². The molecule has 2 aliphatic rings. The van der Waals surface area contributed by atoms with Crippen LogP contribution in [-0.2, 0) is 11.3 Å². The predicted octanol–water partition coefficient (Wildman–Crippen LogP) is 4.13. The monoisotopic (exact) mass is 274 g/mol. The molecule has 3 aromatic rings. The molecule has 0 spiro atoms. The minimum absolute atomic E-state index is 0.0540. The first-order chi connectivity index (χ1) is 10.4. The van der Waals surface area contributed by atoms with Gasteiger partial charge in [-0.2, -0.15) is 0 Å². The molecule has 0 bridgehead atoms. The number of benzene rings is 3. The van der Waals surface area contributed by atoms with E-state index in [-0.39, 0.29) is 18.8 Å². The minimum Gasteiger partial charge on any atom is -0.392 e. The molecule has 5 rings (SSSR count). The van der Waals surface area contributed by atoms with Gasteiger partial charge in [-0.1, -0.05) is 48.5 Å². The van der Waals surface area contributed by atoms with Gasteiger partial charge in [0.15, 0.2) is 0 Å². The van der Waals surface area contributed by atoms with E-state index in [9.17, 15) is 5.11 Å². The Hall–Kier alpha value is -2.16. The molecule has 1 saturated heterocycles. The molecule has 2 unspecified atom stereocenters. The summed E-state index contributed by atoms with van der Waals surface area (Å²) in [6.07, 6.45) is 0.279. The highest BCUT2D eigenvalue weighted by molar-refractivity contribution is 5.94. The van der Waals surface area contributed by atoms with Gasteiger partial charge in [0.05, 0.1) is 6.61 Å². The molecule has 0 saturated carbocycles. The summed E-state index contributed by atoms with van der Waals surface area (Å²) in [5, 5.41) is 12.2. The lowest BCUT2D eigenvalue weighted by Crippen LogP contribution is -2.04. The van der Waals surface area contributed by atoms with Crippen molar-refractivity contribution in [3.63, 3.8) is 0 Å². The van der Waals surface area contributed by atoms with E-state index in [0.29, 0.717) is 0 Å². The smallest absolute Gasteiger partial charge is 0.115 e. The number of epoxide rings is 1. The summed E-state index contributed by atoms with van der Waals surface area (Å²) in [5.74, 6) is 0. The van der Waals surface area contributed by atoms with E-state index in [1.807, 2.05) is 12.1 Å². The first kappa shape index (κ1) is 11.5. The number of hydrogen-bond acceptors (Lipinski definition) is 2. The molecule has 0 amide bonds. The summed E-state index contributed by atoms with van der Waals surface area (Å²) in [6.45, 7) is 0.0540. The number of ether oxygens (including phenoxy) is 1. The molecule has 0 aromatic heterocycles. The standard InChI is InChI=1S/C19H14O2/c20-10-16-12-6-2-1-5-11(12)9-15-13-7-3-4-8-14(13)18-19(21-18)17(15)16/h1-9,18-20H,10H2. The van der Waals surface area contributed by atoms with Crippen molar-refractivity contribution in [2.75, 3.05) is 0 Å². The fourth-order valence-corrected chi connectivity index (χ4v) is 3.72. The molecule has 2 nitrogen and oxygen atoms in total. The van der Waals surface area contributed by atoms with Crippen LogP contribution in [0.15, 0.2) is 54.6 Å². The van der Waals surface area contributed by atoms with Gasteiger partial charge in [-0.05, 0) is 44.7 Å². The van der Waals surface area contributed by atoms with Crippen LogP contribution in [0.3, 0.4) is 0 Å². The molecular weight excluding hydrogens is 260 g/mol. The molecule has 2 atom stereocenters. The van der Waals surface area contributed by atoms with Crippen LogP contribution in [0.5, 0.6) is 0 Å². The summed E-state index contributed by atoms with van der Waals surface area (Å²) in [4.78, 5) is 0. The molecular formula is C19H14O2. The van der Waals surface area contributed by atoms with E-state index in [1.54, 1.807) is 0 Å². The van der Waals surface area contributed by atoms with E-state index in [0.717, 1.165) is 10.9 Å². The highest BCUT2D eigenvalue weighted by Gasteiger charge is 2.48. The van der Waals surface area contributed by atoms with Crippen LogP contribution in [-0.4, -0.2) is 5.11 Å². The van der Waals surface area contributed by atoms with Gasteiger partial charge in [0, 0.05) is 0 Å². The van der Waals surface area contributed by atoms with Crippen LogP contribution in [0.25, 0.3) is 21.9 Å². The fourth-order valence-electron chi connectivity index (χ4n) is 3.72. The maximum atomic E-state index is 9.92. The topological polar surface area (TPSA) is 32.8 Å². The molecule has 1 aliphatic heterocycles. The normalized spacial score (nSPS) is 21.6. The number of hydrogen-bond donors (Lipinski definition) is 1. The number of rotatable bonds is 1. The van der Waals surface area contributed by atoms with Gasteiger partial charge in [0.1, 0.15) is 12.2 Å². The zero-order chi connectivity index (χ0) is 14.0. The Kier molecular flexibility index (Phi) is 2.16. The van der Waals surface area contributed by atoms with Crippen molar-refractivity contribution in [2.24, 2.45) is 0 Å². The van der Waals surface area contributed by atoms with Gasteiger partial charge < -0.3 is 9.84 Å². The molecule has 21 heavy (non-hydrogen) atoms. The highest BCUT2D eigenvalue weighted by atomic mass is 16.6. The Balaban J connectivity index is 1.94. The van der Waals surface area contributed by atoms with Crippen LogP contribution >= 0.6 is 0 Å². The van der Waals surface area contributed by atoms with Crippen LogP contribution in [0.4, 0.5) is 0 Å². The molecule has 2 heteroatoms. The van der Waals surface area contributed by atoms with Gasteiger partial charge in [0.25, 0.3) is 0 Å². The second-order valence-corrected chi connectivity index (χ2v) is 5.76. The van der Waals surface area contributed by atoms with Crippen LogP contribution < -0.4 is 0 Å². The third-order valence-corrected chi connectivity index (χ3v) is 4.69. The van der Waals surface area contributed by atoms with Crippen molar-refractivity contribution in [3.05, 3.63) is 71.3 Å². The molecule has 1 fully saturated rings. The minimum atomic E-state index is 0.0540. The first-order valence-electron chi connectivity index (χ1n) is 7.28. The number of aliphatic hydroxyl groups excluding tert-OH is 1. The van der Waals surface area contributed by atoms with Crippen molar-refractivity contribution in [3.8, 4) is 11.1 Å². The Morgan fingerprint density at radius 3 is 2.62 bits per heavy atom. The van der Waals surface area contributed by atoms with E-state index < -0.39 is 0 Å². The predicted molar refractivity (Wildman–Crippen MR) is 81.9 cm³/mol. The number of aliphatic hydroxyl groups is 1. The van der Waals surface area contributed by atoms with Crippen molar-refractivity contribution in [1.29, 1.82) is 0 Å². The van der Waals surface area contributed by atoms with Crippen molar-refractivity contribution in [1.82, 2.24) is 0 Å². The largest absolute Gasteiger partial charge is 0.392 e. The average Bonchev–Trinajstić information content (AvgIpc) is 3.34. The van der Waals surface area contributed by atoms with Gasteiger partial charge in [-0.15, -0.1) is 0 Å². The van der Waals surface area contributed by atoms with Crippen LogP contribution in [0.1, 0.15) is 28.9 Å². The SMILES string of the molecule is OCc1c2c(cc3ccccc13)-c1ccccc1C1OC21. The van der Waals surface area contributed by atoms with Crippen LogP contribution in [0.2, 0.25) is 0 Å². The molecule has 1 aliphatic carbocycles. The van der Waals surface area contributed by atoms with Crippen molar-refractivity contribution >= 4 is 10.8 Å². The second kappa shape index (κ2) is 3.94. The van der Waals surface area contributed by atoms with Gasteiger partial charge in [0.2, 0.25) is 0 Å². The summed E-state index contributed by atoms with van der Waals surface area (Å²) >= 11 is 0. The maximum Gasteiger partial charge on any atom is 0.115 e. The zero-order valence-corrected chi connectivity index (χ0v) is 11.4. The summed E-state index contributed by atoms with van der Waals surface area (Å²) < 4.78 is 5.91. The lowest BCUT2D eigenvalue weighted by Gasteiger charge is -2.20. The fraction of sp³-hybridized carbons (Fsp3) is 0.158. The molecule has 102 valence electrons. The lowest BCUT2D eigenvalue weighted by molar-refractivity contribution is 0.280. The second-order valence-electron chi connectivity index (χ2n) is 5.76. The van der Waals surface area contributed by atoms with Crippen molar-refractivity contribution in [2.45, 2.75) is 18.8 Å². The third-order valence-electron chi connectivity index (χ3n) is 4.69. The maximum absolute atomic E-state index is 9.92. The van der Waals surface area contributed by atoms with E-state index in [1.165, 1.54) is 27.6 Å². The Morgan fingerprint density at radius 2 is 1.71 bits per heavy atom.